The first-order valence-corrected chi connectivity index (χ1v) is 5.69. The molecule has 0 saturated carbocycles. The van der Waals surface area contributed by atoms with Gasteiger partial charge in [0.15, 0.2) is 0 Å². The van der Waals surface area contributed by atoms with Gasteiger partial charge in [-0.05, 0) is 37.0 Å². The zero-order valence-electron chi connectivity index (χ0n) is 8.76. The van der Waals surface area contributed by atoms with Crippen LogP contribution in [0.15, 0.2) is 10.8 Å². The molecule has 3 saturated heterocycles. The minimum atomic E-state index is 0. The summed E-state index contributed by atoms with van der Waals surface area (Å²) in [5.74, 6) is 1.10. The molecule has 4 nitrogen and oxygen atoms in total. The van der Waals surface area contributed by atoms with Crippen molar-refractivity contribution in [3.05, 3.63) is 11.3 Å². The van der Waals surface area contributed by atoms with Crippen LogP contribution in [0.4, 0.5) is 0 Å². The molecule has 3 aliphatic rings. The van der Waals surface area contributed by atoms with Crippen molar-refractivity contribution in [1.29, 1.82) is 0 Å². The van der Waals surface area contributed by atoms with Crippen LogP contribution in [0.1, 0.15) is 12.8 Å². The second-order valence-electron chi connectivity index (χ2n) is 4.26. The lowest BCUT2D eigenvalue weighted by atomic mass is 9.86. The molecule has 6 heteroatoms. The third-order valence-electron chi connectivity index (χ3n) is 3.36. The molecule has 3 fully saturated rings. The Bertz CT molecular complexity index is 350. The third kappa shape index (κ3) is 2.14. The van der Waals surface area contributed by atoms with Gasteiger partial charge in [-0.1, -0.05) is 11.6 Å². The van der Waals surface area contributed by atoms with Crippen LogP contribution in [0.2, 0.25) is 5.02 Å². The van der Waals surface area contributed by atoms with E-state index >= 15 is 0 Å². The number of piperidine rings is 3. The highest BCUT2D eigenvalue weighted by Gasteiger charge is 2.36. The van der Waals surface area contributed by atoms with E-state index in [2.05, 4.69) is 10.1 Å². The average Bonchev–Trinajstić information content (AvgIpc) is 2.66. The van der Waals surface area contributed by atoms with Crippen molar-refractivity contribution >= 4 is 24.0 Å². The molecule has 0 aliphatic carbocycles. The van der Waals surface area contributed by atoms with E-state index in [0.29, 0.717) is 16.8 Å². The second-order valence-corrected chi connectivity index (χ2v) is 4.67. The Morgan fingerprint density at radius 3 is 2.69 bits per heavy atom. The van der Waals surface area contributed by atoms with E-state index in [1.54, 1.807) is 0 Å². The van der Waals surface area contributed by atoms with Crippen LogP contribution >= 0.6 is 24.0 Å². The Hall–Kier alpha value is -0.450. The highest BCUT2D eigenvalue weighted by Crippen LogP contribution is 2.32. The first-order chi connectivity index (χ1) is 7.33. The highest BCUT2D eigenvalue weighted by atomic mass is 35.5. The first-order valence-electron chi connectivity index (χ1n) is 5.32. The van der Waals surface area contributed by atoms with Crippen molar-refractivity contribution < 1.29 is 9.26 Å². The number of fused-ring (bicyclic) bond motifs is 3. The van der Waals surface area contributed by atoms with Crippen LogP contribution in [0.5, 0.6) is 5.88 Å². The van der Waals surface area contributed by atoms with Crippen LogP contribution in [-0.2, 0) is 0 Å². The number of ether oxygens (including phenoxy) is 1. The van der Waals surface area contributed by atoms with Crippen LogP contribution in [0, 0.1) is 5.92 Å². The summed E-state index contributed by atoms with van der Waals surface area (Å²) in [7, 11) is 0. The smallest absolute Gasteiger partial charge is 0.273 e. The largest absolute Gasteiger partial charge is 0.469 e. The summed E-state index contributed by atoms with van der Waals surface area (Å²) in [6, 6.07) is 0. The van der Waals surface area contributed by atoms with Gasteiger partial charge in [0.1, 0.15) is 17.4 Å². The zero-order chi connectivity index (χ0) is 10.3. The summed E-state index contributed by atoms with van der Waals surface area (Å²) < 4.78 is 10.5. The van der Waals surface area contributed by atoms with Crippen molar-refractivity contribution in [2.45, 2.75) is 18.9 Å². The van der Waals surface area contributed by atoms with Crippen molar-refractivity contribution in [3.63, 3.8) is 0 Å². The number of nitrogens with zero attached hydrogens (tertiary/aromatic N) is 2. The Morgan fingerprint density at radius 1 is 1.44 bits per heavy atom. The van der Waals surface area contributed by atoms with E-state index in [-0.39, 0.29) is 18.5 Å². The van der Waals surface area contributed by atoms with Crippen LogP contribution in [0.25, 0.3) is 0 Å². The van der Waals surface area contributed by atoms with E-state index in [1.165, 1.54) is 32.2 Å². The van der Waals surface area contributed by atoms with Crippen LogP contribution in [-0.4, -0.2) is 35.8 Å². The fraction of sp³-hybridized carbons (Fsp3) is 0.700. The van der Waals surface area contributed by atoms with E-state index in [0.717, 1.165) is 6.54 Å². The van der Waals surface area contributed by atoms with E-state index in [4.69, 9.17) is 20.9 Å². The monoisotopic (exact) mass is 264 g/mol. The van der Waals surface area contributed by atoms with Gasteiger partial charge in [0.2, 0.25) is 0 Å². The Balaban J connectivity index is 0.000000963. The third-order valence-corrected chi connectivity index (χ3v) is 3.61. The minimum Gasteiger partial charge on any atom is -0.469 e. The van der Waals surface area contributed by atoms with Crippen LogP contribution in [0.3, 0.4) is 0 Å². The maximum absolute atomic E-state index is 5.87. The van der Waals surface area contributed by atoms with Gasteiger partial charge in [0, 0.05) is 6.54 Å². The fourth-order valence-electron chi connectivity index (χ4n) is 2.48. The maximum atomic E-state index is 5.87. The van der Waals surface area contributed by atoms with Crippen molar-refractivity contribution in [2.75, 3.05) is 19.6 Å². The number of halogens is 2. The number of hydrogen-bond acceptors (Lipinski definition) is 4. The molecule has 0 spiro atoms. The van der Waals surface area contributed by atoms with Crippen molar-refractivity contribution in [1.82, 2.24) is 10.1 Å². The second kappa shape index (κ2) is 4.82. The zero-order valence-corrected chi connectivity index (χ0v) is 10.3. The molecule has 3 aliphatic heterocycles. The number of aromatic nitrogens is 1. The van der Waals surface area contributed by atoms with Gasteiger partial charge in [-0.15, -0.1) is 12.4 Å². The molecule has 1 aromatic heterocycles. The molecule has 0 aromatic carbocycles. The summed E-state index contributed by atoms with van der Waals surface area (Å²) in [5.41, 5.74) is 0. The lowest BCUT2D eigenvalue weighted by Gasteiger charge is -2.43. The van der Waals surface area contributed by atoms with Gasteiger partial charge in [-0.2, -0.15) is 0 Å². The molecule has 1 aromatic rings. The first kappa shape index (κ1) is 12.0. The maximum Gasteiger partial charge on any atom is 0.273 e. The lowest BCUT2D eigenvalue weighted by Crippen LogP contribution is -2.52. The molecule has 0 amide bonds. The molecular weight excluding hydrogens is 251 g/mol. The predicted octanol–water partition coefficient (Wildman–Crippen LogP) is 2.22. The molecule has 1 unspecified atom stereocenters. The van der Waals surface area contributed by atoms with E-state index in [9.17, 15) is 0 Å². The number of rotatable bonds is 2. The van der Waals surface area contributed by atoms with Crippen molar-refractivity contribution in [3.8, 4) is 5.88 Å². The summed E-state index contributed by atoms with van der Waals surface area (Å²) in [6.07, 6.45) is 4.08. The minimum absolute atomic E-state index is 0. The van der Waals surface area contributed by atoms with E-state index < -0.39 is 0 Å². The Labute approximate surface area is 105 Å². The van der Waals surface area contributed by atoms with Gasteiger partial charge < -0.3 is 9.26 Å². The van der Waals surface area contributed by atoms with Gasteiger partial charge in [-0.25, -0.2) is 0 Å². The Morgan fingerprint density at radius 2 is 2.19 bits per heavy atom. The summed E-state index contributed by atoms with van der Waals surface area (Å²) in [5, 5.41) is 4.21. The molecule has 1 atom stereocenters. The molecule has 16 heavy (non-hydrogen) atoms. The summed E-state index contributed by atoms with van der Waals surface area (Å²) in [6.45, 7) is 3.40. The van der Waals surface area contributed by atoms with Gasteiger partial charge >= 0.3 is 0 Å². The van der Waals surface area contributed by atoms with Gasteiger partial charge in [-0.3, -0.25) is 4.90 Å². The SMILES string of the molecule is Cl.Clc1conc1OC1CN2CCC1CC2. The number of hydrogen-bond donors (Lipinski definition) is 0. The highest BCUT2D eigenvalue weighted by molar-refractivity contribution is 6.31. The summed E-state index contributed by atoms with van der Waals surface area (Å²) >= 11 is 5.87. The molecule has 4 rings (SSSR count). The molecular formula is C10H14Cl2N2O2. The molecule has 4 heterocycles. The van der Waals surface area contributed by atoms with Crippen LogP contribution < -0.4 is 4.74 Å². The summed E-state index contributed by atoms with van der Waals surface area (Å²) in [4.78, 5) is 2.43. The molecule has 0 radical (unpaired) electrons. The predicted molar refractivity (Wildman–Crippen MR) is 62.3 cm³/mol. The molecule has 90 valence electrons. The topological polar surface area (TPSA) is 38.5 Å². The van der Waals surface area contributed by atoms with Crippen molar-refractivity contribution in [2.24, 2.45) is 5.92 Å². The normalized spacial score (nSPS) is 32.2. The standard InChI is InChI=1S/C10H13ClN2O2.ClH/c11-8-6-14-12-10(8)15-9-5-13-3-1-7(9)2-4-13;/h6-7,9H,1-5H2;1H. The molecule has 2 bridgehead atoms. The van der Waals surface area contributed by atoms with Gasteiger partial charge in [0.25, 0.3) is 5.88 Å². The Kier molecular flexibility index (Phi) is 3.62. The lowest BCUT2D eigenvalue weighted by molar-refractivity contribution is -0.0113. The quantitative estimate of drug-likeness (QED) is 0.821. The molecule has 0 N–H and O–H groups in total. The van der Waals surface area contributed by atoms with E-state index in [1.807, 2.05) is 0 Å². The van der Waals surface area contributed by atoms with Gasteiger partial charge in [0.05, 0.1) is 0 Å². The average molecular weight is 265 g/mol. The fourth-order valence-corrected chi connectivity index (χ4v) is 2.60.